The van der Waals surface area contributed by atoms with Gasteiger partial charge in [-0.2, -0.15) is 0 Å². The minimum Gasteiger partial charge on any atom is -0.481 e. The number of aryl methyl sites for hydroxylation is 1. The van der Waals surface area contributed by atoms with Crippen molar-refractivity contribution < 1.29 is 14.7 Å². The Morgan fingerprint density at radius 3 is 2.76 bits per heavy atom. The summed E-state index contributed by atoms with van der Waals surface area (Å²) in [6.45, 7) is 3.33. The van der Waals surface area contributed by atoms with Crippen LogP contribution in [0.4, 0.5) is 0 Å². The van der Waals surface area contributed by atoms with Crippen LogP contribution in [0, 0.1) is 18.8 Å². The lowest BCUT2D eigenvalue weighted by molar-refractivity contribution is -0.142. The monoisotopic (exact) mass is 290 g/mol. The van der Waals surface area contributed by atoms with Gasteiger partial charge in [0.2, 0.25) is 5.91 Å². The summed E-state index contributed by atoms with van der Waals surface area (Å²) in [6.07, 6.45) is 2.76. The van der Waals surface area contributed by atoms with E-state index in [1.807, 2.05) is 13.0 Å². The maximum atomic E-state index is 11.1. The Balaban J connectivity index is 1.89. The van der Waals surface area contributed by atoms with Crippen molar-refractivity contribution in [3.8, 4) is 0 Å². The summed E-state index contributed by atoms with van der Waals surface area (Å²) in [5.41, 5.74) is 7.88. The minimum atomic E-state index is -0.679. The number of benzene rings is 1. The van der Waals surface area contributed by atoms with Gasteiger partial charge in [-0.3, -0.25) is 9.59 Å². The van der Waals surface area contributed by atoms with E-state index in [1.54, 1.807) is 12.1 Å². The Hall–Kier alpha value is -1.88. The Kier molecular flexibility index (Phi) is 4.96. The summed E-state index contributed by atoms with van der Waals surface area (Å²) in [5, 5.41) is 12.5. The second-order valence-electron chi connectivity index (χ2n) is 5.77. The van der Waals surface area contributed by atoms with Gasteiger partial charge in [-0.1, -0.05) is 12.5 Å². The second kappa shape index (κ2) is 6.72. The molecule has 0 bridgehead atoms. The molecule has 0 radical (unpaired) electrons. The standard InChI is InChI=1S/C16H22N2O3/c1-10-7-11(15(17)19)5-6-12(10)8-18-9-13-3-2-4-14(13)16(20)21/h5-7,13-14,18H,2-4,8-9H2,1H3,(H2,17,19)(H,20,21). The molecule has 1 amide bonds. The van der Waals surface area contributed by atoms with Gasteiger partial charge in [-0.25, -0.2) is 0 Å². The summed E-state index contributed by atoms with van der Waals surface area (Å²) in [7, 11) is 0. The number of nitrogens with two attached hydrogens (primary N) is 1. The zero-order chi connectivity index (χ0) is 15.4. The highest BCUT2D eigenvalue weighted by Crippen LogP contribution is 2.31. The number of primary amides is 1. The van der Waals surface area contributed by atoms with Crippen LogP contribution in [0.25, 0.3) is 0 Å². The van der Waals surface area contributed by atoms with Crippen LogP contribution < -0.4 is 11.1 Å². The third kappa shape index (κ3) is 3.82. The summed E-state index contributed by atoms with van der Waals surface area (Å²) in [5.74, 6) is -1.10. The number of carbonyl (C=O) groups excluding carboxylic acids is 1. The number of carbonyl (C=O) groups is 2. The highest BCUT2D eigenvalue weighted by atomic mass is 16.4. The van der Waals surface area contributed by atoms with Crippen LogP contribution in [0.2, 0.25) is 0 Å². The smallest absolute Gasteiger partial charge is 0.306 e. The van der Waals surface area contributed by atoms with Crippen molar-refractivity contribution >= 4 is 11.9 Å². The molecule has 114 valence electrons. The Bertz CT molecular complexity index is 542. The fourth-order valence-corrected chi connectivity index (χ4v) is 3.05. The molecule has 21 heavy (non-hydrogen) atoms. The average molecular weight is 290 g/mol. The van der Waals surface area contributed by atoms with E-state index in [0.717, 1.165) is 30.4 Å². The van der Waals surface area contributed by atoms with Crippen molar-refractivity contribution in [3.05, 3.63) is 34.9 Å². The molecular weight excluding hydrogens is 268 g/mol. The number of aliphatic carboxylic acids is 1. The molecule has 1 aliphatic carbocycles. The molecule has 1 aromatic rings. The van der Waals surface area contributed by atoms with E-state index in [4.69, 9.17) is 10.8 Å². The van der Waals surface area contributed by atoms with Crippen LogP contribution in [0.1, 0.15) is 40.7 Å². The first-order valence-corrected chi connectivity index (χ1v) is 7.32. The van der Waals surface area contributed by atoms with Crippen LogP contribution in [0.15, 0.2) is 18.2 Å². The molecule has 0 heterocycles. The van der Waals surface area contributed by atoms with Crippen molar-refractivity contribution in [3.63, 3.8) is 0 Å². The first-order chi connectivity index (χ1) is 9.99. The van der Waals surface area contributed by atoms with E-state index in [9.17, 15) is 9.59 Å². The summed E-state index contributed by atoms with van der Waals surface area (Å²) in [4.78, 5) is 22.2. The van der Waals surface area contributed by atoms with E-state index < -0.39 is 11.9 Å². The van der Waals surface area contributed by atoms with E-state index in [1.165, 1.54) is 0 Å². The lowest BCUT2D eigenvalue weighted by atomic mass is 9.96. The number of nitrogens with one attached hydrogen (secondary N) is 1. The zero-order valence-electron chi connectivity index (χ0n) is 12.3. The van der Waals surface area contributed by atoms with Crippen LogP contribution in [-0.2, 0) is 11.3 Å². The maximum Gasteiger partial charge on any atom is 0.306 e. The number of amides is 1. The highest BCUT2D eigenvalue weighted by Gasteiger charge is 2.32. The first-order valence-electron chi connectivity index (χ1n) is 7.32. The molecule has 4 N–H and O–H groups in total. The van der Waals surface area contributed by atoms with Gasteiger partial charge in [0.05, 0.1) is 5.92 Å². The lowest BCUT2D eigenvalue weighted by Gasteiger charge is -2.17. The van der Waals surface area contributed by atoms with Crippen molar-refractivity contribution in [1.29, 1.82) is 0 Å². The minimum absolute atomic E-state index is 0.212. The molecule has 0 aliphatic heterocycles. The Labute approximate surface area is 124 Å². The number of carboxylic acid groups (broad SMARTS) is 1. The second-order valence-corrected chi connectivity index (χ2v) is 5.77. The van der Waals surface area contributed by atoms with Gasteiger partial charge in [-0.05, 0) is 55.5 Å². The SMILES string of the molecule is Cc1cc(C(N)=O)ccc1CNCC1CCCC1C(=O)O. The molecule has 0 aromatic heterocycles. The van der Waals surface area contributed by atoms with Crippen molar-refractivity contribution in [1.82, 2.24) is 5.32 Å². The van der Waals surface area contributed by atoms with E-state index in [2.05, 4.69) is 5.32 Å². The third-order valence-electron chi connectivity index (χ3n) is 4.33. The fraction of sp³-hybridized carbons (Fsp3) is 0.500. The quantitative estimate of drug-likeness (QED) is 0.743. The number of hydrogen-bond donors (Lipinski definition) is 3. The molecule has 1 aromatic carbocycles. The van der Waals surface area contributed by atoms with Gasteiger partial charge in [-0.15, -0.1) is 0 Å². The topological polar surface area (TPSA) is 92.4 Å². The molecule has 1 saturated carbocycles. The van der Waals surface area contributed by atoms with Gasteiger partial charge < -0.3 is 16.2 Å². The van der Waals surface area contributed by atoms with Crippen LogP contribution in [0.5, 0.6) is 0 Å². The Morgan fingerprint density at radius 1 is 1.38 bits per heavy atom. The summed E-state index contributed by atoms with van der Waals surface area (Å²) < 4.78 is 0. The van der Waals surface area contributed by atoms with Gasteiger partial charge >= 0.3 is 5.97 Å². The molecule has 5 heteroatoms. The van der Waals surface area contributed by atoms with Crippen molar-refractivity contribution in [2.24, 2.45) is 17.6 Å². The normalized spacial score (nSPS) is 21.4. The molecule has 0 spiro atoms. The molecule has 5 nitrogen and oxygen atoms in total. The lowest BCUT2D eigenvalue weighted by Crippen LogP contribution is -2.29. The molecule has 1 fully saturated rings. The molecule has 2 atom stereocenters. The number of carboxylic acids is 1. The van der Waals surface area contributed by atoms with E-state index >= 15 is 0 Å². The molecule has 2 rings (SSSR count). The molecular formula is C16H22N2O3. The summed E-state index contributed by atoms with van der Waals surface area (Å²) in [6, 6.07) is 5.41. The van der Waals surface area contributed by atoms with Crippen molar-refractivity contribution in [2.45, 2.75) is 32.7 Å². The zero-order valence-corrected chi connectivity index (χ0v) is 12.3. The number of rotatable bonds is 6. The predicted molar refractivity (Wildman–Crippen MR) is 79.9 cm³/mol. The van der Waals surface area contributed by atoms with Gasteiger partial charge in [0.15, 0.2) is 0 Å². The summed E-state index contributed by atoms with van der Waals surface area (Å²) >= 11 is 0. The molecule has 1 aliphatic rings. The molecule has 2 unspecified atom stereocenters. The fourth-order valence-electron chi connectivity index (χ4n) is 3.05. The van der Waals surface area contributed by atoms with Crippen LogP contribution in [0.3, 0.4) is 0 Å². The maximum absolute atomic E-state index is 11.1. The highest BCUT2D eigenvalue weighted by molar-refractivity contribution is 5.93. The van der Waals surface area contributed by atoms with E-state index in [0.29, 0.717) is 18.7 Å². The first kappa shape index (κ1) is 15.5. The average Bonchev–Trinajstić information content (AvgIpc) is 2.89. The van der Waals surface area contributed by atoms with Gasteiger partial charge in [0.1, 0.15) is 0 Å². The van der Waals surface area contributed by atoms with Crippen LogP contribution in [-0.4, -0.2) is 23.5 Å². The number of hydrogen-bond acceptors (Lipinski definition) is 3. The van der Waals surface area contributed by atoms with Crippen LogP contribution >= 0.6 is 0 Å². The Morgan fingerprint density at radius 2 is 2.14 bits per heavy atom. The molecule has 0 saturated heterocycles. The van der Waals surface area contributed by atoms with Crippen molar-refractivity contribution in [2.75, 3.05) is 6.54 Å². The van der Waals surface area contributed by atoms with Gasteiger partial charge in [0, 0.05) is 12.1 Å². The van der Waals surface area contributed by atoms with Gasteiger partial charge in [0.25, 0.3) is 0 Å². The predicted octanol–water partition coefficient (Wildman–Crippen LogP) is 1.68. The third-order valence-corrected chi connectivity index (χ3v) is 4.33. The largest absolute Gasteiger partial charge is 0.481 e. The van der Waals surface area contributed by atoms with E-state index in [-0.39, 0.29) is 11.8 Å².